The van der Waals surface area contributed by atoms with Crippen LogP contribution in [0, 0.1) is 6.92 Å². The van der Waals surface area contributed by atoms with Gasteiger partial charge in [-0.2, -0.15) is 0 Å². The van der Waals surface area contributed by atoms with E-state index in [9.17, 15) is 18.0 Å². The van der Waals surface area contributed by atoms with E-state index in [1.807, 2.05) is 0 Å². The molecule has 0 aliphatic carbocycles. The van der Waals surface area contributed by atoms with Gasteiger partial charge in [0, 0.05) is 18.2 Å². The van der Waals surface area contributed by atoms with Gasteiger partial charge in [0.1, 0.15) is 0 Å². The van der Waals surface area contributed by atoms with Crippen LogP contribution < -0.4 is 10.0 Å². The van der Waals surface area contributed by atoms with Crippen LogP contribution in [0.3, 0.4) is 0 Å². The number of sulfonamides is 1. The van der Waals surface area contributed by atoms with Crippen LogP contribution in [-0.4, -0.2) is 38.0 Å². The fraction of sp³-hybridized carbons (Fsp3) is 0.429. The van der Waals surface area contributed by atoms with Crippen LogP contribution in [0.15, 0.2) is 23.1 Å². The Bertz CT molecular complexity index is 670. The molecule has 3 N–H and O–H groups in total. The molecule has 8 heteroatoms. The number of nitrogens with one attached hydrogen (secondary N) is 2. The maximum atomic E-state index is 12.2. The van der Waals surface area contributed by atoms with E-state index in [4.69, 9.17) is 5.11 Å². The normalized spacial score (nSPS) is 12.7. The molecule has 122 valence electrons. The monoisotopic (exact) mass is 328 g/mol. The van der Waals surface area contributed by atoms with Gasteiger partial charge in [-0.05, 0) is 31.5 Å². The number of hydrogen-bond donors (Lipinski definition) is 3. The molecule has 0 heterocycles. The highest BCUT2D eigenvalue weighted by Gasteiger charge is 2.19. The molecule has 1 rings (SSSR count). The quantitative estimate of drug-likeness (QED) is 0.688. The lowest BCUT2D eigenvalue weighted by molar-refractivity contribution is -0.137. The molecular weight excluding hydrogens is 308 g/mol. The molecule has 0 radical (unpaired) electrons. The second-order valence-electron chi connectivity index (χ2n) is 4.95. The van der Waals surface area contributed by atoms with Crippen LogP contribution in [0.1, 0.15) is 36.2 Å². The fourth-order valence-electron chi connectivity index (χ4n) is 1.90. The SMILES string of the molecule is CCNS(=O)(=O)c1ccc(C)c(C(=O)NC(C)CC(=O)O)c1. The van der Waals surface area contributed by atoms with Gasteiger partial charge in [0.2, 0.25) is 10.0 Å². The molecule has 1 unspecified atom stereocenters. The van der Waals surface area contributed by atoms with Crippen LogP contribution in [0.4, 0.5) is 0 Å². The topological polar surface area (TPSA) is 113 Å². The fourth-order valence-corrected chi connectivity index (χ4v) is 2.97. The Balaban J connectivity index is 3.04. The molecule has 0 saturated carbocycles. The number of benzene rings is 1. The van der Waals surface area contributed by atoms with Crippen molar-refractivity contribution in [2.24, 2.45) is 0 Å². The maximum absolute atomic E-state index is 12.2. The van der Waals surface area contributed by atoms with Gasteiger partial charge in [-0.25, -0.2) is 13.1 Å². The predicted octanol–water partition coefficient (Wildman–Crippen LogP) is 0.886. The van der Waals surface area contributed by atoms with E-state index >= 15 is 0 Å². The number of aryl methyl sites for hydroxylation is 1. The highest BCUT2D eigenvalue weighted by atomic mass is 32.2. The summed E-state index contributed by atoms with van der Waals surface area (Å²) in [6.45, 7) is 5.15. The van der Waals surface area contributed by atoms with Crippen molar-refractivity contribution in [3.05, 3.63) is 29.3 Å². The molecule has 1 atom stereocenters. The second-order valence-corrected chi connectivity index (χ2v) is 6.72. The third kappa shape index (κ3) is 4.81. The van der Waals surface area contributed by atoms with Crippen LogP contribution in [0.2, 0.25) is 0 Å². The molecule has 0 spiro atoms. The summed E-state index contributed by atoms with van der Waals surface area (Å²) in [6, 6.07) is 3.69. The molecule has 7 nitrogen and oxygen atoms in total. The van der Waals surface area contributed by atoms with Gasteiger partial charge < -0.3 is 10.4 Å². The third-order valence-corrected chi connectivity index (χ3v) is 4.50. The first-order valence-electron chi connectivity index (χ1n) is 6.80. The number of carboxylic acids is 1. The number of carboxylic acid groups (broad SMARTS) is 1. The van der Waals surface area contributed by atoms with E-state index < -0.39 is 27.9 Å². The molecule has 0 fully saturated rings. The Morgan fingerprint density at radius 3 is 2.50 bits per heavy atom. The number of carbonyl (C=O) groups is 2. The minimum absolute atomic E-state index is 0.00372. The number of carbonyl (C=O) groups excluding carboxylic acids is 1. The summed E-state index contributed by atoms with van der Waals surface area (Å²) in [5, 5.41) is 11.2. The highest BCUT2D eigenvalue weighted by molar-refractivity contribution is 7.89. The first kappa shape index (κ1) is 18.1. The average Bonchev–Trinajstić information content (AvgIpc) is 2.37. The zero-order chi connectivity index (χ0) is 16.9. The van der Waals surface area contributed by atoms with E-state index in [1.54, 1.807) is 26.8 Å². The summed E-state index contributed by atoms with van der Waals surface area (Å²) in [5.41, 5.74) is 0.812. The lowest BCUT2D eigenvalue weighted by Crippen LogP contribution is -2.34. The van der Waals surface area contributed by atoms with Crippen molar-refractivity contribution < 1.29 is 23.1 Å². The summed E-state index contributed by atoms with van der Waals surface area (Å²) >= 11 is 0. The van der Waals surface area contributed by atoms with E-state index in [0.29, 0.717) is 5.56 Å². The molecule has 0 saturated heterocycles. The van der Waals surface area contributed by atoms with Gasteiger partial charge >= 0.3 is 5.97 Å². The molecule has 0 aliphatic heterocycles. The lowest BCUT2D eigenvalue weighted by Gasteiger charge is -2.14. The van der Waals surface area contributed by atoms with E-state index in [1.165, 1.54) is 12.1 Å². The molecule has 0 aromatic heterocycles. The van der Waals surface area contributed by atoms with E-state index in [2.05, 4.69) is 10.0 Å². The van der Waals surface area contributed by atoms with Crippen LogP contribution in [0.5, 0.6) is 0 Å². The Morgan fingerprint density at radius 1 is 1.32 bits per heavy atom. The zero-order valence-corrected chi connectivity index (χ0v) is 13.5. The van der Waals surface area contributed by atoms with Gasteiger partial charge in [-0.3, -0.25) is 9.59 Å². The Morgan fingerprint density at radius 2 is 1.95 bits per heavy atom. The van der Waals surface area contributed by atoms with Crippen molar-refractivity contribution >= 4 is 21.9 Å². The maximum Gasteiger partial charge on any atom is 0.305 e. The molecule has 0 bridgehead atoms. The van der Waals surface area contributed by atoms with Crippen molar-refractivity contribution in [2.75, 3.05) is 6.54 Å². The molecule has 0 aliphatic rings. The Hall–Kier alpha value is -1.93. The largest absolute Gasteiger partial charge is 0.481 e. The van der Waals surface area contributed by atoms with E-state index in [-0.39, 0.29) is 23.4 Å². The van der Waals surface area contributed by atoms with Gasteiger partial charge in [0.05, 0.1) is 11.3 Å². The lowest BCUT2D eigenvalue weighted by atomic mass is 10.1. The summed E-state index contributed by atoms with van der Waals surface area (Å²) < 4.78 is 26.3. The molecule has 22 heavy (non-hydrogen) atoms. The Kier molecular flexibility index (Phi) is 6.07. The van der Waals surface area contributed by atoms with Crippen LogP contribution in [0.25, 0.3) is 0 Å². The van der Waals surface area contributed by atoms with E-state index in [0.717, 1.165) is 0 Å². The van der Waals surface area contributed by atoms with Crippen molar-refractivity contribution in [3.63, 3.8) is 0 Å². The number of hydrogen-bond acceptors (Lipinski definition) is 4. The van der Waals surface area contributed by atoms with Crippen molar-refractivity contribution in [2.45, 2.75) is 38.1 Å². The third-order valence-electron chi connectivity index (χ3n) is 2.96. The molecule has 1 aromatic rings. The zero-order valence-electron chi connectivity index (χ0n) is 12.7. The predicted molar refractivity (Wildman–Crippen MR) is 81.2 cm³/mol. The smallest absolute Gasteiger partial charge is 0.305 e. The van der Waals surface area contributed by atoms with Crippen molar-refractivity contribution in [1.29, 1.82) is 0 Å². The summed E-state index contributed by atoms with van der Waals surface area (Å²) in [7, 11) is -3.65. The number of amides is 1. The highest BCUT2D eigenvalue weighted by Crippen LogP contribution is 2.16. The minimum atomic E-state index is -3.65. The van der Waals surface area contributed by atoms with Gasteiger partial charge in [0.15, 0.2) is 0 Å². The van der Waals surface area contributed by atoms with Gasteiger partial charge in [0.25, 0.3) is 5.91 Å². The summed E-state index contributed by atoms with van der Waals surface area (Å²) in [4.78, 5) is 22.8. The Labute approximate surface area is 129 Å². The molecule has 1 aromatic carbocycles. The van der Waals surface area contributed by atoms with Crippen LogP contribution >= 0.6 is 0 Å². The van der Waals surface area contributed by atoms with Gasteiger partial charge in [-0.15, -0.1) is 0 Å². The number of rotatable bonds is 7. The summed E-state index contributed by atoms with van der Waals surface area (Å²) in [6.07, 6.45) is -0.208. The van der Waals surface area contributed by atoms with Crippen molar-refractivity contribution in [1.82, 2.24) is 10.0 Å². The van der Waals surface area contributed by atoms with Crippen LogP contribution in [-0.2, 0) is 14.8 Å². The average molecular weight is 328 g/mol. The molecule has 1 amide bonds. The first-order chi connectivity index (χ1) is 10.2. The van der Waals surface area contributed by atoms with Crippen molar-refractivity contribution in [3.8, 4) is 0 Å². The standard InChI is InChI=1S/C14H20N2O5S/c1-4-15-22(20,21)11-6-5-9(2)12(8-11)14(19)16-10(3)7-13(17)18/h5-6,8,10,15H,4,7H2,1-3H3,(H,16,19)(H,17,18). The minimum Gasteiger partial charge on any atom is -0.481 e. The first-order valence-corrected chi connectivity index (χ1v) is 8.28. The summed E-state index contributed by atoms with van der Waals surface area (Å²) in [5.74, 6) is -1.52. The second kappa shape index (κ2) is 7.37. The molecular formula is C14H20N2O5S. The number of aliphatic carboxylic acids is 1. The van der Waals surface area contributed by atoms with Gasteiger partial charge in [-0.1, -0.05) is 13.0 Å².